The molecule has 198 valence electrons. The summed E-state index contributed by atoms with van der Waals surface area (Å²) in [6.07, 6.45) is -5.17. The van der Waals surface area contributed by atoms with Crippen LogP contribution in [-0.2, 0) is 39.8 Å². The van der Waals surface area contributed by atoms with Gasteiger partial charge in [-0.25, -0.2) is 0 Å². The SMILES string of the molecule is COC1(C)O[C@@H]([C@@H]2OC(c3ccccc3)OC[C@H]2OCc2ccccc2)[C@H]([C@H](O)CO)OC1(C)OC. The zero-order valence-electron chi connectivity index (χ0n) is 21.1. The largest absolute Gasteiger partial charge is 0.394 e. The Hall–Kier alpha value is -1.92. The van der Waals surface area contributed by atoms with Crippen LogP contribution < -0.4 is 0 Å². The van der Waals surface area contributed by atoms with Gasteiger partial charge >= 0.3 is 0 Å². The first kappa shape index (κ1) is 27.1. The summed E-state index contributed by atoms with van der Waals surface area (Å²) in [4.78, 5) is 0. The Morgan fingerprint density at radius 1 is 0.917 bits per heavy atom. The molecule has 8 atom stereocenters. The monoisotopic (exact) mass is 504 g/mol. The Kier molecular flexibility index (Phi) is 8.77. The van der Waals surface area contributed by atoms with Gasteiger partial charge in [-0.1, -0.05) is 60.7 Å². The average molecular weight is 505 g/mol. The van der Waals surface area contributed by atoms with Crippen molar-refractivity contribution >= 4 is 0 Å². The molecule has 0 amide bonds. The quantitative estimate of drug-likeness (QED) is 0.533. The number of methoxy groups -OCH3 is 2. The van der Waals surface area contributed by atoms with Crippen molar-refractivity contribution in [1.29, 1.82) is 0 Å². The molecule has 0 saturated carbocycles. The highest BCUT2D eigenvalue weighted by atomic mass is 16.8. The molecule has 9 heteroatoms. The van der Waals surface area contributed by atoms with Gasteiger partial charge in [-0.2, -0.15) is 0 Å². The van der Waals surface area contributed by atoms with E-state index in [4.69, 9.17) is 33.2 Å². The summed E-state index contributed by atoms with van der Waals surface area (Å²) >= 11 is 0. The van der Waals surface area contributed by atoms with E-state index < -0.39 is 55.0 Å². The van der Waals surface area contributed by atoms with E-state index in [1.807, 2.05) is 60.7 Å². The number of hydrogen-bond acceptors (Lipinski definition) is 9. The third kappa shape index (κ3) is 5.50. The topological polar surface area (TPSA) is 105 Å². The average Bonchev–Trinajstić information content (AvgIpc) is 2.93. The molecule has 36 heavy (non-hydrogen) atoms. The first-order chi connectivity index (χ1) is 17.3. The third-order valence-corrected chi connectivity index (χ3v) is 6.98. The van der Waals surface area contributed by atoms with Crippen LogP contribution in [0.4, 0.5) is 0 Å². The molecule has 2 aliphatic heterocycles. The van der Waals surface area contributed by atoms with Crippen LogP contribution in [0, 0.1) is 0 Å². The first-order valence-corrected chi connectivity index (χ1v) is 12.1. The maximum atomic E-state index is 10.8. The number of aliphatic hydroxyl groups excluding tert-OH is 2. The third-order valence-electron chi connectivity index (χ3n) is 6.98. The molecule has 4 rings (SSSR count). The van der Waals surface area contributed by atoms with Gasteiger partial charge in [-0.3, -0.25) is 0 Å². The molecule has 0 spiro atoms. The second-order valence-electron chi connectivity index (χ2n) is 9.23. The van der Waals surface area contributed by atoms with Crippen molar-refractivity contribution in [2.45, 2.75) is 68.8 Å². The van der Waals surface area contributed by atoms with Crippen LogP contribution >= 0.6 is 0 Å². The van der Waals surface area contributed by atoms with Gasteiger partial charge in [0.05, 0.1) is 19.8 Å². The van der Waals surface area contributed by atoms with Gasteiger partial charge < -0.3 is 43.4 Å². The minimum Gasteiger partial charge on any atom is -0.394 e. The molecule has 2 aromatic carbocycles. The summed E-state index contributed by atoms with van der Waals surface area (Å²) in [6.45, 7) is 3.34. The fraction of sp³-hybridized carbons (Fsp3) is 0.556. The Bertz CT molecular complexity index is 945. The van der Waals surface area contributed by atoms with E-state index in [2.05, 4.69) is 0 Å². The summed E-state index contributed by atoms with van der Waals surface area (Å²) in [5.74, 6) is -2.73. The van der Waals surface area contributed by atoms with Gasteiger partial charge in [0.25, 0.3) is 0 Å². The Labute approximate surface area is 211 Å². The summed E-state index contributed by atoms with van der Waals surface area (Å²) in [7, 11) is 2.95. The number of rotatable bonds is 9. The van der Waals surface area contributed by atoms with Gasteiger partial charge in [0.1, 0.15) is 30.5 Å². The molecule has 2 aliphatic rings. The summed E-state index contributed by atoms with van der Waals surface area (Å²) in [5.41, 5.74) is 1.82. The Morgan fingerprint density at radius 3 is 2.14 bits per heavy atom. The van der Waals surface area contributed by atoms with Gasteiger partial charge in [0.15, 0.2) is 6.29 Å². The number of hydrogen-bond donors (Lipinski definition) is 2. The minimum atomic E-state index is -1.37. The van der Waals surface area contributed by atoms with Crippen molar-refractivity contribution in [3.8, 4) is 0 Å². The summed E-state index contributed by atoms with van der Waals surface area (Å²) < 4.78 is 42.7. The molecule has 2 aromatic rings. The van der Waals surface area contributed by atoms with Crippen molar-refractivity contribution in [2.75, 3.05) is 27.4 Å². The van der Waals surface area contributed by atoms with E-state index in [1.54, 1.807) is 13.8 Å². The molecule has 0 aromatic heterocycles. The van der Waals surface area contributed by atoms with Crippen molar-refractivity contribution < 1.29 is 43.4 Å². The molecule has 0 bridgehead atoms. The van der Waals surface area contributed by atoms with E-state index in [9.17, 15) is 10.2 Å². The van der Waals surface area contributed by atoms with E-state index >= 15 is 0 Å². The van der Waals surface area contributed by atoms with Gasteiger partial charge in [0.2, 0.25) is 11.6 Å². The van der Waals surface area contributed by atoms with E-state index in [0.717, 1.165) is 11.1 Å². The van der Waals surface area contributed by atoms with E-state index in [1.165, 1.54) is 14.2 Å². The maximum Gasteiger partial charge on any atom is 0.220 e. The number of benzene rings is 2. The molecular weight excluding hydrogens is 468 g/mol. The summed E-state index contributed by atoms with van der Waals surface area (Å²) in [6, 6.07) is 19.3. The predicted octanol–water partition coefficient (Wildman–Crippen LogP) is 2.55. The van der Waals surface area contributed by atoms with Gasteiger partial charge in [-0.05, 0) is 19.4 Å². The fourth-order valence-electron chi connectivity index (χ4n) is 4.53. The van der Waals surface area contributed by atoms with Crippen LogP contribution in [-0.4, -0.2) is 79.7 Å². The van der Waals surface area contributed by atoms with Crippen LogP contribution in [0.1, 0.15) is 31.3 Å². The van der Waals surface area contributed by atoms with Crippen LogP contribution in [0.5, 0.6) is 0 Å². The zero-order chi connectivity index (χ0) is 25.8. The lowest BCUT2D eigenvalue weighted by Crippen LogP contribution is -2.71. The molecule has 0 aliphatic carbocycles. The second-order valence-corrected chi connectivity index (χ2v) is 9.23. The minimum absolute atomic E-state index is 0.212. The van der Waals surface area contributed by atoms with Crippen LogP contribution in [0.25, 0.3) is 0 Å². The van der Waals surface area contributed by atoms with Crippen molar-refractivity contribution in [1.82, 2.24) is 0 Å². The second kappa shape index (κ2) is 11.6. The highest BCUT2D eigenvalue weighted by Gasteiger charge is 2.61. The molecule has 3 unspecified atom stereocenters. The number of aliphatic hydroxyl groups is 2. The molecule has 0 radical (unpaired) electrons. The molecule has 2 saturated heterocycles. The highest BCUT2D eigenvalue weighted by molar-refractivity contribution is 5.17. The zero-order valence-corrected chi connectivity index (χ0v) is 21.1. The summed E-state index contributed by atoms with van der Waals surface area (Å²) in [5, 5.41) is 20.6. The lowest BCUT2D eigenvalue weighted by molar-refractivity contribution is -0.468. The predicted molar refractivity (Wildman–Crippen MR) is 129 cm³/mol. The van der Waals surface area contributed by atoms with E-state index in [0.29, 0.717) is 6.61 Å². The lowest BCUT2D eigenvalue weighted by atomic mass is 9.93. The highest BCUT2D eigenvalue weighted by Crippen LogP contribution is 2.43. The molecule has 9 nitrogen and oxygen atoms in total. The van der Waals surface area contributed by atoms with Crippen molar-refractivity contribution in [3.05, 3.63) is 71.8 Å². The van der Waals surface area contributed by atoms with Gasteiger partial charge in [-0.15, -0.1) is 0 Å². The molecule has 2 fully saturated rings. The smallest absolute Gasteiger partial charge is 0.220 e. The lowest BCUT2D eigenvalue weighted by Gasteiger charge is -2.55. The number of ether oxygens (including phenoxy) is 7. The van der Waals surface area contributed by atoms with Crippen molar-refractivity contribution in [2.24, 2.45) is 0 Å². The van der Waals surface area contributed by atoms with Crippen LogP contribution in [0.15, 0.2) is 60.7 Å². The van der Waals surface area contributed by atoms with Crippen molar-refractivity contribution in [3.63, 3.8) is 0 Å². The maximum absolute atomic E-state index is 10.8. The molecule has 2 N–H and O–H groups in total. The van der Waals surface area contributed by atoms with Crippen LogP contribution in [0.2, 0.25) is 0 Å². The Morgan fingerprint density at radius 2 is 1.53 bits per heavy atom. The standard InChI is InChI=1S/C27H36O9/c1-26(30-3)27(2,31-4)36-24(22(35-26)20(29)15-28)23-21(32-16-18-11-7-5-8-12-18)17-33-25(34-23)19-13-9-6-10-14-19/h5-14,20-25,28-29H,15-17H2,1-4H3/t20-,21-,22+,23-,24-,25?,26?,27?/m1/s1. The molecule has 2 heterocycles. The normalized spacial score (nSPS) is 35.9. The van der Waals surface area contributed by atoms with Crippen LogP contribution in [0.3, 0.4) is 0 Å². The fourth-order valence-corrected chi connectivity index (χ4v) is 4.53. The van der Waals surface area contributed by atoms with E-state index in [-0.39, 0.29) is 6.61 Å². The first-order valence-electron chi connectivity index (χ1n) is 12.1. The molecular formula is C27H36O9. The van der Waals surface area contributed by atoms with Gasteiger partial charge in [0, 0.05) is 19.8 Å². The Balaban J connectivity index is 1.66.